The molecule has 4 saturated carbocycles. The molecule has 3 nitrogen and oxygen atoms in total. The van der Waals surface area contributed by atoms with Gasteiger partial charge in [0.15, 0.2) is 5.78 Å². The van der Waals surface area contributed by atoms with Gasteiger partial charge in [0.2, 0.25) is 0 Å². The van der Waals surface area contributed by atoms with Crippen LogP contribution in [0.25, 0.3) is 0 Å². The highest BCUT2D eigenvalue weighted by Gasteiger charge is 2.60. The fourth-order valence-electron chi connectivity index (χ4n) is 9.37. The van der Waals surface area contributed by atoms with Crippen LogP contribution in [0.1, 0.15) is 111 Å². The maximum atomic E-state index is 12.6. The van der Waals surface area contributed by atoms with E-state index in [1.54, 1.807) is 5.57 Å². The quantitative estimate of drug-likeness (QED) is 0.442. The minimum Gasteiger partial charge on any atom is -0.390 e. The molecule has 0 amide bonds. The Morgan fingerprint density at radius 2 is 1.91 bits per heavy atom. The number of nitriles is 1. The zero-order chi connectivity index (χ0) is 23.6. The van der Waals surface area contributed by atoms with E-state index in [0.29, 0.717) is 23.7 Å². The first kappa shape index (κ1) is 23.6. The zero-order valence-corrected chi connectivity index (χ0v) is 21.5. The van der Waals surface area contributed by atoms with Crippen molar-refractivity contribution >= 4 is 5.78 Å². The highest BCUT2D eigenvalue weighted by molar-refractivity contribution is 5.90. The van der Waals surface area contributed by atoms with Crippen LogP contribution in [0.2, 0.25) is 0 Å². The van der Waals surface area contributed by atoms with Crippen LogP contribution in [0.5, 0.6) is 0 Å². The molecule has 0 aromatic carbocycles. The molecular weight excluding hydrogens is 406 g/mol. The largest absolute Gasteiger partial charge is 0.390 e. The van der Waals surface area contributed by atoms with Crippen LogP contribution >= 0.6 is 0 Å². The predicted molar refractivity (Wildman–Crippen MR) is 131 cm³/mol. The van der Waals surface area contributed by atoms with Gasteiger partial charge in [-0.25, -0.2) is 0 Å². The van der Waals surface area contributed by atoms with Gasteiger partial charge in [0, 0.05) is 6.42 Å². The molecule has 0 aliphatic heterocycles. The SMILES string of the molecule is CC[C@]1(O)CC[C@@]2(C)C(=CC[C@H]3[C@@H]4CC[C@H]([C@H](C)CCC(=O)C5(C#N)CC5)[C@@]4(C)CC[C@@H]32)C1. The number of carbonyl (C=O) groups excluding carboxylic acids is 1. The molecule has 4 fully saturated rings. The van der Waals surface area contributed by atoms with Gasteiger partial charge in [0.25, 0.3) is 0 Å². The van der Waals surface area contributed by atoms with Crippen LogP contribution in [0, 0.1) is 57.2 Å². The number of rotatable bonds is 6. The molecule has 0 aromatic rings. The van der Waals surface area contributed by atoms with Crippen molar-refractivity contribution in [2.45, 2.75) is 117 Å². The van der Waals surface area contributed by atoms with Crippen LogP contribution in [0.15, 0.2) is 11.6 Å². The van der Waals surface area contributed by atoms with Crippen molar-refractivity contribution in [3.63, 3.8) is 0 Å². The molecule has 182 valence electrons. The predicted octanol–water partition coefficient (Wildman–Crippen LogP) is 7.00. The summed E-state index contributed by atoms with van der Waals surface area (Å²) in [6, 6.07) is 2.29. The molecule has 0 spiro atoms. The number of hydrogen-bond acceptors (Lipinski definition) is 3. The van der Waals surface area contributed by atoms with Crippen LogP contribution in [0.3, 0.4) is 0 Å². The lowest BCUT2D eigenvalue weighted by Gasteiger charge is -2.59. The summed E-state index contributed by atoms with van der Waals surface area (Å²) in [6.07, 6.45) is 16.1. The summed E-state index contributed by atoms with van der Waals surface area (Å²) in [6.45, 7) is 9.63. The fourth-order valence-corrected chi connectivity index (χ4v) is 9.37. The van der Waals surface area contributed by atoms with Crippen molar-refractivity contribution in [2.24, 2.45) is 45.8 Å². The lowest BCUT2D eigenvalue weighted by molar-refractivity contribution is -0.122. The third kappa shape index (κ3) is 3.57. The van der Waals surface area contributed by atoms with Gasteiger partial charge in [0.1, 0.15) is 5.41 Å². The molecule has 5 rings (SSSR count). The summed E-state index contributed by atoms with van der Waals surface area (Å²) in [7, 11) is 0. The molecule has 5 aliphatic rings. The van der Waals surface area contributed by atoms with E-state index in [4.69, 9.17) is 0 Å². The van der Waals surface area contributed by atoms with Gasteiger partial charge < -0.3 is 5.11 Å². The molecule has 0 unspecified atom stereocenters. The lowest BCUT2D eigenvalue weighted by atomic mass is 9.46. The van der Waals surface area contributed by atoms with E-state index in [2.05, 4.69) is 39.8 Å². The Bertz CT molecular complexity index is 880. The van der Waals surface area contributed by atoms with Crippen LogP contribution in [0.4, 0.5) is 0 Å². The Labute approximate surface area is 201 Å². The number of allylic oxidation sites excluding steroid dienone is 1. The van der Waals surface area contributed by atoms with Crippen molar-refractivity contribution in [1.29, 1.82) is 5.26 Å². The van der Waals surface area contributed by atoms with Gasteiger partial charge in [0.05, 0.1) is 11.7 Å². The summed E-state index contributed by atoms with van der Waals surface area (Å²) in [5.41, 5.74) is 1.17. The van der Waals surface area contributed by atoms with Crippen LogP contribution < -0.4 is 0 Å². The highest BCUT2D eigenvalue weighted by atomic mass is 16.3. The molecule has 0 aromatic heterocycles. The summed E-state index contributed by atoms with van der Waals surface area (Å²) in [5.74, 6) is 3.85. The second-order valence-corrected chi connectivity index (χ2v) is 13.4. The molecule has 1 N–H and O–H groups in total. The Balaban J connectivity index is 1.29. The van der Waals surface area contributed by atoms with Gasteiger partial charge in [-0.1, -0.05) is 39.3 Å². The molecule has 0 radical (unpaired) electrons. The number of aliphatic hydroxyl groups is 1. The van der Waals surface area contributed by atoms with E-state index in [0.717, 1.165) is 62.7 Å². The van der Waals surface area contributed by atoms with E-state index in [1.165, 1.54) is 32.1 Å². The fraction of sp³-hybridized carbons (Fsp3) is 0.867. The third-order valence-corrected chi connectivity index (χ3v) is 12.0. The molecule has 0 saturated heterocycles. The normalized spacial score (nSPS) is 46.2. The van der Waals surface area contributed by atoms with Gasteiger partial charge in [-0.3, -0.25) is 4.79 Å². The molecule has 33 heavy (non-hydrogen) atoms. The average molecular weight is 452 g/mol. The maximum Gasteiger partial charge on any atom is 0.153 e. The number of hydrogen-bond donors (Lipinski definition) is 1. The van der Waals surface area contributed by atoms with E-state index in [9.17, 15) is 15.2 Å². The first-order valence-corrected chi connectivity index (χ1v) is 14.0. The monoisotopic (exact) mass is 451 g/mol. The summed E-state index contributed by atoms with van der Waals surface area (Å²) < 4.78 is 0. The standard InChI is InChI=1S/C30H45NO2/c1-5-30(33)17-14-27(3)21(18-30)7-8-22-24-10-9-23(28(24,4)13-12-25(22)27)20(2)6-11-26(32)29(19-31)15-16-29/h7,20,22-25,33H,5-6,8-18H2,1-4H3/t20-,22+,23-,24+,25+,27+,28-,30+/m1/s1. The van der Waals surface area contributed by atoms with Crippen molar-refractivity contribution in [2.75, 3.05) is 0 Å². The third-order valence-electron chi connectivity index (χ3n) is 12.0. The summed E-state index contributed by atoms with van der Waals surface area (Å²) in [5, 5.41) is 20.4. The molecule has 8 atom stereocenters. The Morgan fingerprint density at radius 3 is 2.58 bits per heavy atom. The number of nitrogens with zero attached hydrogens (tertiary/aromatic N) is 1. The van der Waals surface area contributed by atoms with Crippen molar-refractivity contribution in [3.8, 4) is 6.07 Å². The second kappa shape index (κ2) is 7.94. The number of ketones is 1. The van der Waals surface area contributed by atoms with Gasteiger partial charge in [-0.2, -0.15) is 5.26 Å². The Kier molecular flexibility index (Phi) is 5.68. The van der Waals surface area contributed by atoms with E-state index >= 15 is 0 Å². The van der Waals surface area contributed by atoms with Crippen molar-refractivity contribution in [1.82, 2.24) is 0 Å². The smallest absolute Gasteiger partial charge is 0.153 e. The van der Waals surface area contributed by atoms with E-state index in [-0.39, 0.29) is 11.2 Å². The van der Waals surface area contributed by atoms with Gasteiger partial charge in [-0.05, 0) is 117 Å². The molecule has 5 aliphatic carbocycles. The number of carbonyl (C=O) groups is 1. The molecular formula is C30H45NO2. The van der Waals surface area contributed by atoms with E-state index in [1.807, 2.05) is 0 Å². The minimum atomic E-state index is -0.606. The number of fused-ring (bicyclic) bond motifs is 5. The lowest BCUT2D eigenvalue weighted by Crippen LogP contribution is -2.52. The zero-order valence-electron chi connectivity index (χ0n) is 21.5. The van der Waals surface area contributed by atoms with Crippen LogP contribution in [-0.2, 0) is 4.79 Å². The van der Waals surface area contributed by atoms with Crippen LogP contribution in [-0.4, -0.2) is 16.5 Å². The van der Waals surface area contributed by atoms with E-state index < -0.39 is 11.0 Å². The van der Waals surface area contributed by atoms with Crippen molar-refractivity contribution in [3.05, 3.63) is 11.6 Å². The average Bonchev–Trinajstić information content (AvgIpc) is 3.53. The highest BCUT2D eigenvalue weighted by Crippen LogP contribution is 2.68. The Morgan fingerprint density at radius 1 is 1.15 bits per heavy atom. The molecule has 0 bridgehead atoms. The second-order valence-electron chi connectivity index (χ2n) is 13.4. The first-order valence-electron chi connectivity index (χ1n) is 14.0. The maximum absolute atomic E-state index is 12.6. The van der Waals surface area contributed by atoms with Gasteiger partial charge in [-0.15, -0.1) is 0 Å². The van der Waals surface area contributed by atoms with Gasteiger partial charge >= 0.3 is 0 Å². The number of Topliss-reactive ketones (excluding diaryl/α,β-unsaturated/α-hetero) is 1. The Hall–Kier alpha value is -1.14. The first-order chi connectivity index (χ1) is 15.6. The molecule has 3 heteroatoms. The minimum absolute atomic E-state index is 0.211. The summed E-state index contributed by atoms with van der Waals surface area (Å²) in [4.78, 5) is 12.6. The summed E-state index contributed by atoms with van der Waals surface area (Å²) >= 11 is 0. The topological polar surface area (TPSA) is 61.1 Å². The van der Waals surface area contributed by atoms with Crippen molar-refractivity contribution < 1.29 is 9.90 Å². The molecule has 0 heterocycles.